The lowest BCUT2D eigenvalue weighted by molar-refractivity contribution is -0.676. The number of anilines is 1. The molecule has 1 aliphatic heterocycles. The number of nitrogens with one attached hydrogen (secondary N) is 1. The van der Waals surface area contributed by atoms with Gasteiger partial charge >= 0.3 is 0 Å². The average molecular weight is 620 g/mol. The van der Waals surface area contributed by atoms with Gasteiger partial charge in [-0.3, -0.25) is 9.59 Å². The second-order valence-electron chi connectivity index (χ2n) is 9.51. The number of carbonyl (C=O) groups is 2. The van der Waals surface area contributed by atoms with Crippen LogP contribution in [0.1, 0.15) is 59.1 Å². The van der Waals surface area contributed by atoms with Gasteiger partial charge in [-0.25, -0.2) is 19.1 Å². The van der Waals surface area contributed by atoms with Gasteiger partial charge in [0.25, 0.3) is 17.6 Å². The number of benzene rings is 1. The highest BCUT2D eigenvalue weighted by Gasteiger charge is 2.28. The topological polar surface area (TPSA) is 113 Å². The van der Waals surface area contributed by atoms with E-state index in [0.717, 1.165) is 49.3 Å². The standard InChI is InChI=1S/C26H35IN8O2/c1-5-34-20-8-7-17(26(37)33-11-9-19(10-12-33)32(3)4)13-21(20)35(6-2)22(34)16-30-25(36)23-24(28)29-15-18(14-27)31-23/h7-8,13,15,19H,5-6,9-12,14,16H2,1-4H3,(H2-,28,29,30,36)/p+1. The van der Waals surface area contributed by atoms with Crippen molar-refractivity contribution in [3.05, 3.63) is 47.2 Å². The molecule has 2 amide bonds. The highest BCUT2D eigenvalue weighted by Crippen LogP contribution is 2.21. The van der Waals surface area contributed by atoms with Crippen LogP contribution in [0, 0.1) is 0 Å². The third kappa shape index (κ3) is 5.57. The van der Waals surface area contributed by atoms with Crippen molar-refractivity contribution in [3.63, 3.8) is 0 Å². The van der Waals surface area contributed by atoms with Crippen LogP contribution in [0.15, 0.2) is 24.4 Å². The molecule has 3 N–H and O–H groups in total. The second-order valence-corrected chi connectivity index (χ2v) is 10.3. The van der Waals surface area contributed by atoms with E-state index in [1.807, 2.05) is 23.1 Å². The average Bonchev–Trinajstić information content (AvgIpc) is 3.23. The van der Waals surface area contributed by atoms with Crippen molar-refractivity contribution in [1.29, 1.82) is 0 Å². The normalized spacial score (nSPS) is 14.5. The van der Waals surface area contributed by atoms with Gasteiger partial charge in [0.1, 0.15) is 6.54 Å². The minimum Gasteiger partial charge on any atom is -0.382 e. The number of amides is 2. The zero-order valence-electron chi connectivity index (χ0n) is 22.0. The van der Waals surface area contributed by atoms with Gasteiger partial charge in [0.05, 0.1) is 25.0 Å². The largest absolute Gasteiger partial charge is 0.382 e. The van der Waals surface area contributed by atoms with Crippen LogP contribution in [0.5, 0.6) is 0 Å². The number of rotatable bonds is 8. The molecule has 3 heterocycles. The van der Waals surface area contributed by atoms with E-state index in [2.05, 4.69) is 79.9 Å². The minimum absolute atomic E-state index is 0.0741. The molecule has 1 fully saturated rings. The van der Waals surface area contributed by atoms with Crippen molar-refractivity contribution < 1.29 is 14.2 Å². The highest BCUT2D eigenvalue weighted by molar-refractivity contribution is 14.1. The number of piperidine rings is 1. The van der Waals surface area contributed by atoms with Crippen molar-refractivity contribution in [2.45, 2.75) is 56.8 Å². The number of aromatic nitrogens is 4. The molecule has 37 heavy (non-hydrogen) atoms. The summed E-state index contributed by atoms with van der Waals surface area (Å²) in [6.07, 6.45) is 3.56. The Balaban J connectivity index is 1.59. The first-order chi connectivity index (χ1) is 17.8. The van der Waals surface area contributed by atoms with Gasteiger partial charge in [-0.1, -0.05) is 22.6 Å². The summed E-state index contributed by atoms with van der Waals surface area (Å²) in [5.41, 5.74) is 9.48. The molecular weight excluding hydrogens is 583 g/mol. The molecule has 1 saturated heterocycles. The van der Waals surface area contributed by atoms with Gasteiger partial charge in [-0.15, -0.1) is 0 Å². The smallest absolute Gasteiger partial charge is 0.277 e. The zero-order chi connectivity index (χ0) is 26.7. The first-order valence-corrected chi connectivity index (χ1v) is 14.3. The summed E-state index contributed by atoms with van der Waals surface area (Å²) in [6.45, 7) is 7.41. The maximum atomic E-state index is 13.4. The lowest BCUT2D eigenvalue weighted by Gasteiger charge is -2.35. The van der Waals surface area contributed by atoms with Crippen LogP contribution in [-0.2, 0) is 24.1 Å². The quantitative estimate of drug-likeness (QED) is 0.228. The van der Waals surface area contributed by atoms with Crippen LogP contribution in [0.4, 0.5) is 5.82 Å². The van der Waals surface area contributed by atoms with Crippen LogP contribution < -0.4 is 15.6 Å². The molecule has 0 aliphatic carbocycles. The number of nitrogens with two attached hydrogens (primary N) is 1. The van der Waals surface area contributed by atoms with E-state index in [-0.39, 0.29) is 23.3 Å². The lowest BCUT2D eigenvalue weighted by atomic mass is 10.0. The Bertz CT molecular complexity index is 1300. The second kappa shape index (κ2) is 11.7. The van der Waals surface area contributed by atoms with Crippen LogP contribution in [0.2, 0.25) is 0 Å². The van der Waals surface area contributed by atoms with Gasteiger partial charge in [-0.2, -0.15) is 0 Å². The summed E-state index contributed by atoms with van der Waals surface area (Å²) in [5, 5.41) is 2.98. The molecule has 0 unspecified atom stereocenters. The molecule has 1 aromatic carbocycles. The maximum absolute atomic E-state index is 13.4. The number of likely N-dealkylation sites (tertiary alicyclic amines) is 1. The van der Waals surface area contributed by atoms with Crippen molar-refractivity contribution in [2.24, 2.45) is 0 Å². The number of imidazole rings is 1. The number of alkyl halides is 1. The predicted molar refractivity (Wildman–Crippen MR) is 151 cm³/mol. The Labute approximate surface area is 231 Å². The van der Waals surface area contributed by atoms with Gasteiger partial charge in [0.2, 0.25) is 0 Å². The fourth-order valence-corrected chi connectivity index (χ4v) is 5.47. The van der Waals surface area contributed by atoms with Crippen molar-refractivity contribution in [1.82, 2.24) is 29.7 Å². The van der Waals surface area contributed by atoms with Crippen LogP contribution in [0.25, 0.3) is 11.0 Å². The molecule has 198 valence electrons. The number of nitrogen functional groups attached to an aromatic ring is 1. The van der Waals surface area contributed by atoms with Crippen molar-refractivity contribution in [3.8, 4) is 0 Å². The molecule has 3 aromatic rings. The molecule has 11 heteroatoms. The first kappa shape index (κ1) is 27.2. The minimum atomic E-state index is -0.357. The van der Waals surface area contributed by atoms with Crippen molar-refractivity contribution >= 4 is 51.3 Å². The number of nitrogens with zero attached hydrogens (tertiary/aromatic N) is 6. The third-order valence-electron chi connectivity index (χ3n) is 7.15. The Kier molecular flexibility index (Phi) is 8.63. The monoisotopic (exact) mass is 619 g/mol. The molecular formula is C26H36IN8O2+. The molecule has 2 aromatic heterocycles. The molecule has 0 atom stereocenters. The Hall–Kier alpha value is -2.80. The van der Waals surface area contributed by atoms with Gasteiger partial charge < -0.3 is 20.9 Å². The molecule has 1 aliphatic rings. The molecule has 4 rings (SSSR count). The fraction of sp³-hybridized carbons (Fsp3) is 0.500. The Morgan fingerprint density at radius 1 is 1.24 bits per heavy atom. The summed E-state index contributed by atoms with van der Waals surface area (Å²) in [6, 6.07) is 6.45. The van der Waals surface area contributed by atoms with Gasteiger partial charge in [0.15, 0.2) is 22.5 Å². The predicted octanol–water partition coefficient (Wildman–Crippen LogP) is 2.37. The van der Waals surface area contributed by atoms with Crippen LogP contribution in [-0.4, -0.2) is 69.4 Å². The summed E-state index contributed by atoms with van der Waals surface area (Å²) < 4.78 is 4.97. The lowest BCUT2D eigenvalue weighted by Crippen LogP contribution is -2.44. The van der Waals surface area contributed by atoms with Crippen LogP contribution in [0.3, 0.4) is 0 Å². The maximum Gasteiger partial charge on any atom is 0.277 e. The van der Waals surface area contributed by atoms with E-state index in [1.165, 1.54) is 0 Å². The number of fused-ring (bicyclic) bond motifs is 1. The fourth-order valence-electron chi connectivity index (χ4n) is 5.10. The number of halogens is 1. The van der Waals surface area contributed by atoms with E-state index in [0.29, 0.717) is 34.8 Å². The summed E-state index contributed by atoms with van der Waals surface area (Å²) in [4.78, 5) is 39.0. The van der Waals surface area contributed by atoms with E-state index in [4.69, 9.17) is 5.73 Å². The van der Waals surface area contributed by atoms with Crippen LogP contribution >= 0.6 is 22.6 Å². The number of carbonyl (C=O) groups excluding carboxylic acids is 2. The van der Waals surface area contributed by atoms with Gasteiger partial charge in [-0.05, 0) is 52.9 Å². The van der Waals surface area contributed by atoms with E-state index in [1.54, 1.807) is 6.20 Å². The summed E-state index contributed by atoms with van der Waals surface area (Å²) in [5.74, 6) is 0.777. The molecule has 0 radical (unpaired) electrons. The SMILES string of the molecule is CCn1c(CNC(=O)c2nc(CI)cnc2N)[n+](CC)c2ccc(C(=O)N3CCC(N(C)C)CC3)cc21. The van der Waals surface area contributed by atoms with E-state index < -0.39 is 0 Å². The summed E-state index contributed by atoms with van der Waals surface area (Å²) in [7, 11) is 4.20. The molecule has 0 saturated carbocycles. The molecule has 0 bridgehead atoms. The van der Waals surface area contributed by atoms with Gasteiger partial charge in [0, 0.05) is 35.2 Å². The van der Waals surface area contributed by atoms with Crippen molar-refractivity contribution in [2.75, 3.05) is 32.9 Å². The summed E-state index contributed by atoms with van der Waals surface area (Å²) >= 11 is 2.18. The van der Waals surface area contributed by atoms with E-state index in [9.17, 15) is 9.59 Å². The third-order valence-corrected chi connectivity index (χ3v) is 7.93. The Morgan fingerprint density at radius 2 is 1.97 bits per heavy atom. The number of hydrogen-bond donors (Lipinski definition) is 2. The molecule has 10 nitrogen and oxygen atoms in total. The molecule has 0 spiro atoms. The number of hydrogen-bond acceptors (Lipinski definition) is 6. The Morgan fingerprint density at radius 3 is 2.59 bits per heavy atom. The first-order valence-electron chi connectivity index (χ1n) is 12.7. The number of aryl methyl sites for hydroxylation is 2. The van der Waals surface area contributed by atoms with E-state index >= 15 is 0 Å². The zero-order valence-corrected chi connectivity index (χ0v) is 24.2. The highest BCUT2D eigenvalue weighted by atomic mass is 127.